The monoisotopic (exact) mass is 690 g/mol. The summed E-state index contributed by atoms with van der Waals surface area (Å²) in [5, 5.41) is 11.4. The van der Waals surface area contributed by atoms with Crippen molar-refractivity contribution in [1.29, 1.82) is 0 Å². The Labute approximate surface area is 305 Å². The highest BCUT2D eigenvalue weighted by Gasteiger charge is 2.20. The minimum atomic E-state index is 0.946. The molecule has 10 rings (SSSR count). The molecular formula is C48H34OS2. The highest BCUT2D eigenvalue weighted by Crippen LogP contribution is 2.45. The van der Waals surface area contributed by atoms with Crippen LogP contribution in [0, 0.1) is 6.92 Å². The van der Waals surface area contributed by atoms with Gasteiger partial charge in [0.05, 0.1) is 0 Å². The normalized spacial score (nSPS) is 14.7. The Morgan fingerprint density at radius 2 is 1.22 bits per heavy atom. The van der Waals surface area contributed by atoms with Gasteiger partial charge in [0.25, 0.3) is 0 Å². The van der Waals surface area contributed by atoms with Gasteiger partial charge in [-0.3, -0.25) is 0 Å². The third-order valence-corrected chi connectivity index (χ3v) is 13.0. The van der Waals surface area contributed by atoms with Gasteiger partial charge in [-0.1, -0.05) is 109 Å². The second-order valence-electron chi connectivity index (χ2n) is 13.8. The van der Waals surface area contributed by atoms with Crippen LogP contribution in [0.5, 0.6) is 0 Å². The number of benzene rings is 7. The number of fused-ring (bicyclic) bond motifs is 8. The molecule has 0 fully saturated rings. The smallest absolute Gasteiger partial charge is 0.136 e. The Hall–Kier alpha value is -5.35. The van der Waals surface area contributed by atoms with Crippen molar-refractivity contribution in [3.05, 3.63) is 166 Å². The second kappa shape index (κ2) is 11.9. The molecule has 3 heteroatoms. The van der Waals surface area contributed by atoms with E-state index in [0.717, 1.165) is 17.6 Å². The fraction of sp³-hybridized carbons (Fsp3) is 0.0833. The van der Waals surface area contributed by atoms with E-state index in [2.05, 4.69) is 154 Å². The van der Waals surface area contributed by atoms with Gasteiger partial charge in [-0.2, -0.15) is 0 Å². The lowest BCUT2D eigenvalue weighted by Gasteiger charge is -2.18. The molecule has 0 saturated carbocycles. The Morgan fingerprint density at radius 3 is 1.92 bits per heavy atom. The maximum atomic E-state index is 6.20. The predicted octanol–water partition coefficient (Wildman–Crippen LogP) is 14.8. The molecule has 0 radical (unpaired) electrons. The minimum Gasteiger partial charge on any atom is -0.456 e. The first-order valence-electron chi connectivity index (χ1n) is 17.5. The van der Waals surface area contributed by atoms with Crippen molar-refractivity contribution in [3.8, 4) is 0 Å². The number of thiophene rings is 1. The molecule has 7 aromatic carbocycles. The highest BCUT2D eigenvalue weighted by atomic mass is 32.2. The van der Waals surface area contributed by atoms with Crippen LogP contribution < -0.4 is 0 Å². The molecule has 0 amide bonds. The molecule has 1 nitrogen and oxygen atoms in total. The molecule has 0 aliphatic carbocycles. The summed E-state index contributed by atoms with van der Waals surface area (Å²) < 4.78 is 7.55. The molecule has 9 aromatic rings. The van der Waals surface area contributed by atoms with Gasteiger partial charge < -0.3 is 4.42 Å². The summed E-state index contributed by atoms with van der Waals surface area (Å²) in [4.78, 5) is 4.04. The molecule has 0 atom stereocenters. The first kappa shape index (κ1) is 30.5. The number of hydrogen-bond acceptors (Lipinski definition) is 3. The summed E-state index contributed by atoms with van der Waals surface area (Å²) in [6.07, 6.45) is 8.03. The summed E-state index contributed by atoms with van der Waals surface area (Å²) in [6, 6.07) is 44.2. The zero-order chi connectivity index (χ0) is 34.2. The third-order valence-electron chi connectivity index (χ3n) is 10.6. The molecule has 1 aliphatic heterocycles. The lowest BCUT2D eigenvalue weighted by Crippen LogP contribution is -1.94. The number of aryl methyl sites for hydroxylation is 1. The van der Waals surface area contributed by atoms with Gasteiger partial charge in [-0.05, 0) is 139 Å². The van der Waals surface area contributed by atoms with Gasteiger partial charge in [0.2, 0.25) is 0 Å². The lowest BCUT2D eigenvalue weighted by molar-refractivity contribution is 0.669. The van der Waals surface area contributed by atoms with Crippen LogP contribution in [0.15, 0.2) is 148 Å². The molecule has 0 bridgehead atoms. The number of hydrogen-bond donors (Lipinski definition) is 0. The van der Waals surface area contributed by atoms with Gasteiger partial charge in [0.15, 0.2) is 0 Å². The molecule has 1 aliphatic rings. The minimum absolute atomic E-state index is 0.946. The lowest BCUT2D eigenvalue weighted by atomic mass is 9.86. The summed E-state index contributed by atoms with van der Waals surface area (Å²) in [5.74, 6) is 0. The van der Waals surface area contributed by atoms with Crippen molar-refractivity contribution >= 4 is 105 Å². The zero-order valence-corrected chi connectivity index (χ0v) is 30.3. The Kier molecular flexibility index (Phi) is 7.09. The van der Waals surface area contributed by atoms with Crippen molar-refractivity contribution in [2.75, 3.05) is 0 Å². The van der Waals surface area contributed by atoms with E-state index in [9.17, 15) is 0 Å². The van der Waals surface area contributed by atoms with Gasteiger partial charge >= 0.3 is 0 Å². The molecule has 2 aromatic heterocycles. The molecule has 3 heterocycles. The van der Waals surface area contributed by atoms with Gasteiger partial charge in [0.1, 0.15) is 11.2 Å². The standard InChI is InChI=1S/C48H34OS2/c1-28(20-21-34-24-33-23-31-25-41-36-13-8-10-18-42(36)49-43(41)26-32(31)27-46(33)50-34)47-37-14-4-6-16-39(37)48(40-17-7-5-15-38(40)47)29(2)22-45-30(3)35-12-9-11-19-44(35)51-45/h4-23,25-27H,24H2,1-3H3/b28-20+,29-22+,34-21+. The van der Waals surface area contributed by atoms with E-state index in [0.29, 0.717) is 0 Å². The van der Waals surface area contributed by atoms with Crippen molar-refractivity contribution < 1.29 is 4.42 Å². The quantitative estimate of drug-likeness (QED) is 0.171. The van der Waals surface area contributed by atoms with E-state index in [-0.39, 0.29) is 0 Å². The van der Waals surface area contributed by atoms with Crippen LogP contribution in [0.25, 0.3) is 81.6 Å². The number of allylic oxidation sites excluding steroid dienone is 5. The third kappa shape index (κ3) is 4.98. The average molecular weight is 691 g/mol. The van der Waals surface area contributed by atoms with Crippen molar-refractivity contribution in [2.45, 2.75) is 32.1 Å². The maximum absolute atomic E-state index is 6.20. The van der Waals surface area contributed by atoms with E-state index in [1.165, 1.54) is 101 Å². The fourth-order valence-electron chi connectivity index (χ4n) is 8.12. The second-order valence-corrected chi connectivity index (χ2v) is 16.0. The summed E-state index contributed by atoms with van der Waals surface area (Å²) in [7, 11) is 0. The van der Waals surface area contributed by atoms with Crippen LogP contribution in [0.4, 0.5) is 0 Å². The summed E-state index contributed by atoms with van der Waals surface area (Å²) in [6.45, 7) is 6.81. The summed E-state index contributed by atoms with van der Waals surface area (Å²) >= 11 is 3.78. The van der Waals surface area contributed by atoms with Gasteiger partial charge in [0, 0.05) is 31.7 Å². The molecule has 51 heavy (non-hydrogen) atoms. The molecule has 0 N–H and O–H groups in total. The summed E-state index contributed by atoms with van der Waals surface area (Å²) in [5.41, 5.74) is 9.85. The number of para-hydroxylation sites is 1. The molecule has 0 unspecified atom stereocenters. The van der Waals surface area contributed by atoms with Gasteiger partial charge in [-0.25, -0.2) is 0 Å². The van der Waals surface area contributed by atoms with Crippen LogP contribution in [-0.4, -0.2) is 0 Å². The molecule has 0 saturated heterocycles. The number of rotatable bonds is 4. The predicted molar refractivity (Wildman–Crippen MR) is 224 cm³/mol. The van der Waals surface area contributed by atoms with E-state index in [1.54, 1.807) is 0 Å². The largest absolute Gasteiger partial charge is 0.456 e. The van der Waals surface area contributed by atoms with Crippen LogP contribution in [0.2, 0.25) is 0 Å². The Bertz CT molecular complexity index is 2940. The number of thioether (sulfide) groups is 1. The van der Waals surface area contributed by atoms with E-state index in [4.69, 9.17) is 4.42 Å². The highest BCUT2D eigenvalue weighted by molar-refractivity contribution is 8.03. The zero-order valence-electron chi connectivity index (χ0n) is 28.7. The Morgan fingerprint density at radius 1 is 0.608 bits per heavy atom. The van der Waals surface area contributed by atoms with Crippen LogP contribution in [0.1, 0.15) is 41.0 Å². The van der Waals surface area contributed by atoms with Crippen LogP contribution in [-0.2, 0) is 6.42 Å². The van der Waals surface area contributed by atoms with Crippen LogP contribution in [0.3, 0.4) is 0 Å². The van der Waals surface area contributed by atoms with E-state index in [1.807, 2.05) is 29.2 Å². The van der Waals surface area contributed by atoms with Crippen molar-refractivity contribution in [2.24, 2.45) is 0 Å². The maximum Gasteiger partial charge on any atom is 0.136 e. The molecule has 0 spiro atoms. The Balaban J connectivity index is 1.04. The van der Waals surface area contributed by atoms with Gasteiger partial charge in [-0.15, -0.1) is 11.3 Å². The first-order chi connectivity index (χ1) is 25.0. The van der Waals surface area contributed by atoms with Crippen molar-refractivity contribution in [3.63, 3.8) is 0 Å². The van der Waals surface area contributed by atoms with E-state index >= 15 is 0 Å². The number of furan rings is 1. The van der Waals surface area contributed by atoms with E-state index < -0.39 is 0 Å². The SMILES string of the molecule is C/C(=C\C=C1/Cc2cc3cc4c(cc3cc2S1)oc1ccccc14)c1c2ccccc2c(/C(C)=C/c2sc3ccccc3c2C)c2ccccc12. The fourth-order valence-corrected chi connectivity index (χ4v) is 10.4. The topological polar surface area (TPSA) is 13.1 Å². The molecule has 244 valence electrons. The van der Waals surface area contributed by atoms with Crippen LogP contribution >= 0.6 is 23.1 Å². The average Bonchev–Trinajstić information content (AvgIpc) is 3.82. The molecular weight excluding hydrogens is 657 g/mol. The van der Waals surface area contributed by atoms with Crippen molar-refractivity contribution in [1.82, 2.24) is 0 Å². The first-order valence-corrected chi connectivity index (χ1v) is 19.2.